The van der Waals surface area contributed by atoms with Crippen molar-refractivity contribution in [3.05, 3.63) is 47.0 Å². The summed E-state index contributed by atoms with van der Waals surface area (Å²) in [5.74, 6) is -2.67. The zero-order chi connectivity index (χ0) is 21.3. The first-order valence-corrected chi connectivity index (χ1v) is 9.74. The Kier molecular flexibility index (Phi) is 5.68. The molecule has 2 N–H and O–H groups in total. The monoisotopic (exact) mass is 401 g/mol. The highest BCUT2D eigenvalue weighted by Gasteiger charge is 2.72. The Hall–Kier alpha value is -2.83. The number of carbonyl (C=O) groups excluding carboxylic acids is 2. The molecule has 3 rings (SSSR count). The van der Waals surface area contributed by atoms with Gasteiger partial charge in [-0.15, -0.1) is 0 Å². The molecule has 7 heteroatoms. The highest BCUT2D eigenvalue weighted by Crippen LogP contribution is 2.62. The topological polar surface area (TPSA) is 102 Å². The Morgan fingerprint density at radius 2 is 1.90 bits per heavy atom. The molecule has 156 valence electrons. The van der Waals surface area contributed by atoms with E-state index < -0.39 is 35.4 Å². The summed E-state index contributed by atoms with van der Waals surface area (Å²) >= 11 is 0. The number of carboxylic acid groups (broad SMARTS) is 1. The molecule has 2 saturated carbocycles. The number of alkyl carbamates (subject to hydrolysis) is 1. The second-order valence-corrected chi connectivity index (χ2v) is 8.03. The fourth-order valence-corrected chi connectivity index (χ4v) is 4.77. The van der Waals surface area contributed by atoms with Gasteiger partial charge in [0, 0.05) is 5.92 Å². The normalized spacial score (nSPS) is 26.9. The van der Waals surface area contributed by atoms with Crippen molar-refractivity contribution in [3.8, 4) is 0 Å². The number of aryl methyl sites for hydroxylation is 3. The van der Waals surface area contributed by atoms with E-state index in [0.29, 0.717) is 6.42 Å². The van der Waals surface area contributed by atoms with Gasteiger partial charge >= 0.3 is 18.0 Å². The van der Waals surface area contributed by atoms with Crippen LogP contribution in [0.25, 0.3) is 0 Å². The van der Waals surface area contributed by atoms with Crippen molar-refractivity contribution < 1.29 is 29.0 Å². The van der Waals surface area contributed by atoms with Crippen LogP contribution in [0.4, 0.5) is 4.79 Å². The lowest BCUT2D eigenvalue weighted by molar-refractivity contribution is -0.149. The Labute approximate surface area is 170 Å². The van der Waals surface area contributed by atoms with Gasteiger partial charge in [-0.25, -0.2) is 9.59 Å². The standard InChI is InChI=1S/C22H27NO6/c1-5-8-28-21(27)23-22(20(25)26)7-6-15-17(18(15)22)19(24)29-11-16-13(3)9-12(2)10-14(16)4/h5,9-10,15,17-18H,1,6-8,11H2,2-4H3,(H,23,27)(H,25,26). The van der Waals surface area contributed by atoms with Gasteiger partial charge in [-0.3, -0.25) is 4.79 Å². The van der Waals surface area contributed by atoms with E-state index in [4.69, 9.17) is 9.47 Å². The Morgan fingerprint density at radius 3 is 2.48 bits per heavy atom. The van der Waals surface area contributed by atoms with Crippen LogP contribution >= 0.6 is 0 Å². The number of carbonyl (C=O) groups is 3. The minimum absolute atomic E-state index is 0.0175. The van der Waals surface area contributed by atoms with Crippen LogP contribution in [-0.4, -0.2) is 35.3 Å². The summed E-state index contributed by atoms with van der Waals surface area (Å²) in [5.41, 5.74) is 2.72. The number of aliphatic carboxylic acids is 1. The van der Waals surface area contributed by atoms with Crippen molar-refractivity contribution in [2.24, 2.45) is 17.8 Å². The number of amides is 1. The van der Waals surface area contributed by atoms with E-state index >= 15 is 0 Å². The molecule has 2 fully saturated rings. The number of rotatable bonds is 7. The molecule has 7 nitrogen and oxygen atoms in total. The summed E-state index contributed by atoms with van der Waals surface area (Å²) < 4.78 is 10.4. The zero-order valence-electron chi connectivity index (χ0n) is 17.0. The van der Waals surface area contributed by atoms with E-state index in [0.717, 1.165) is 22.3 Å². The predicted octanol–water partition coefficient (Wildman–Crippen LogP) is 3.05. The summed E-state index contributed by atoms with van der Waals surface area (Å²) in [6.45, 7) is 9.56. The lowest BCUT2D eigenvalue weighted by Crippen LogP contribution is -2.56. The van der Waals surface area contributed by atoms with Gasteiger partial charge in [-0.05, 0) is 56.2 Å². The predicted molar refractivity (Wildman–Crippen MR) is 105 cm³/mol. The summed E-state index contributed by atoms with van der Waals surface area (Å²) in [6.07, 6.45) is 1.39. The Balaban J connectivity index is 1.67. The largest absolute Gasteiger partial charge is 0.479 e. The lowest BCUT2D eigenvalue weighted by Gasteiger charge is -2.28. The minimum Gasteiger partial charge on any atom is -0.479 e. The van der Waals surface area contributed by atoms with E-state index in [1.807, 2.05) is 32.9 Å². The van der Waals surface area contributed by atoms with Crippen molar-refractivity contribution in [3.63, 3.8) is 0 Å². The van der Waals surface area contributed by atoms with Crippen LogP contribution in [-0.2, 0) is 25.7 Å². The Bertz CT molecular complexity index is 840. The first kappa shape index (κ1) is 20.9. The maximum absolute atomic E-state index is 12.7. The fraction of sp³-hybridized carbons (Fsp3) is 0.500. The van der Waals surface area contributed by atoms with Gasteiger partial charge in [0.05, 0.1) is 5.92 Å². The number of hydrogen-bond acceptors (Lipinski definition) is 5. The molecular weight excluding hydrogens is 374 g/mol. The summed E-state index contributed by atoms with van der Waals surface area (Å²) in [5, 5.41) is 12.3. The molecule has 1 amide bonds. The zero-order valence-corrected chi connectivity index (χ0v) is 17.0. The van der Waals surface area contributed by atoms with Crippen molar-refractivity contribution in [1.29, 1.82) is 0 Å². The number of benzene rings is 1. The fourth-order valence-electron chi connectivity index (χ4n) is 4.77. The molecule has 2 aliphatic rings. The molecule has 2 aliphatic carbocycles. The third kappa shape index (κ3) is 3.86. The molecule has 0 aromatic heterocycles. The molecule has 4 atom stereocenters. The molecule has 1 aromatic rings. The summed E-state index contributed by atoms with van der Waals surface area (Å²) in [7, 11) is 0. The molecule has 4 unspecified atom stereocenters. The van der Waals surface area contributed by atoms with Gasteiger partial charge in [0.15, 0.2) is 0 Å². The van der Waals surface area contributed by atoms with Crippen LogP contribution in [0.1, 0.15) is 35.1 Å². The number of esters is 1. The summed E-state index contributed by atoms with van der Waals surface area (Å²) in [4.78, 5) is 36.6. The number of ether oxygens (including phenoxy) is 2. The third-order valence-corrected chi connectivity index (χ3v) is 6.12. The molecule has 0 spiro atoms. The van der Waals surface area contributed by atoms with E-state index in [1.165, 1.54) is 6.08 Å². The highest BCUT2D eigenvalue weighted by molar-refractivity contribution is 5.89. The van der Waals surface area contributed by atoms with Crippen LogP contribution in [0.5, 0.6) is 0 Å². The number of nitrogens with one attached hydrogen (secondary N) is 1. The maximum atomic E-state index is 12.7. The average Bonchev–Trinajstić information content (AvgIpc) is 3.26. The van der Waals surface area contributed by atoms with Gasteiger partial charge in [-0.2, -0.15) is 0 Å². The second kappa shape index (κ2) is 7.89. The molecule has 0 radical (unpaired) electrons. The molecule has 0 aliphatic heterocycles. The van der Waals surface area contributed by atoms with Gasteiger partial charge in [0.25, 0.3) is 0 Å². The van der Waals surface area contributed by atoms with Crippen LogP contribution in [0.15, 0.2) is 24.8 Å². The Morgan fingerprint density at radius 1 is 1.24 bits per heavy atom. The van der Waals surface area contributed by atoms with Crippen LogP contribution in [0.2, 0.25) is 0 Å². The quantitative estimate of drug-likeness (QED) is 0.538. The molecule has 0 saturated heterocycles. The van der Waals surface area contributed by atoms with Crippen molar-refractivity contribution in [1.82, 2.24) is 5.32 Å². The third-order valence-electron chi connectivity index (χ3n) is 6.12. The van der Waals surface area contributed by atoms with Gasteiger partial charge in [0.2, 0.25) is 0 Å². The van der Waals surface area contributed by atoms with Gasteiger partial charge < -0.3 is 19.9 Å². The SMILES string of the molecule is C=CCOC(=O)NC1(C(=O)O)CCC2C(C(=O)OCc3c(C)cc(C)cc3C)C21. The van der Waals surface area contributed by atoms with Crippen molar-refractivity contribution in [2.45, 2.75) is 45.8 Å². The molecule has 29 heavy (non-hydrogen) atoms. The average molecular weight is 401 g/mol. The van der Waals surface area contributed by atoms with Crippen LogP contribution < -0.4 is 5.32 Å². The first-order valence-electron chi connectivity index (χ1n) is 9.74. The van der Waals surface area contributed by atoms with E-state index in [-0.39, 0.29) is 25.6 Å². The molecule has 0 bridgehead atoms. The van der Waals surface area contributed by atoms with E-state index in [9.17, 15) is 19.5 Å². The molecule has 0 heterocycles. The summed E-state index contributed by atoms with van der Waals surface area (Å²) in [6, 6.07) is 4.08. The minimum atomic E-state index is -1.50. The van der Waals surface area contributed by atoms with Crippen LogP contribution in [0.3, 0.4) is 0 Å². The van der Waals surface area contributed by atoms with Crippen LogP contribution in [0, 0.1) is 38.5 Å². The molecular formula is C22H27NO6. The van der Waals surface area contributed by atoms with Gasteiger partial charge in [-0.1, -0.05) is 30.4 Å². The van der Waals surface area contributed by atoms with E-state index in [2.05, 4.69) is 11.9 Å². The number of hydrogen-bond donors (Lipinski definition) is 2. The van der Waals surface area contributed by atoms with E-state index in [1.54, 1.807) is 0 Å². The lowest BCUT2D eigenvalue weighted by atomic mass is 9.90. The van der Waals surface area contributed by atoms with Crippen molar-refractivity contribution >= 4 is 18.0 Å². The van der Waals surface area contributed by atoms with Gasteiger partial charge in [0.1, 0.15) is 18.8 Å². The maximum Gasteiger partial charge on any atom is 0.408 e. The smallest absolute Gasteiger partial charge is 0.408 e. The first-order chi connectivity index (χ1) is 13.7. The number of fused-ring (bicyclic) bond motifs is 1. The second-order valence-electron chi connectivity index (χ2n) is 8.03. The highest BCUT2D eigenvalue weighted by atomic mass is 16.5. The molecule has 1 aromatic carbocycles. The van der Waals surface area contributed by atoms with Crippen molar-refractivity contribution in [2.75, 3.05) is 6.61 Å². The number of carboxylic acids is 1.